The van der Waals surface area contributed by atoms with Gasteiger partial charge in [-0.3, -0.25) is 0 Å². The maximum absolute atomic E-state index is 5.35. The van der Waals surface area contributed by atoms with E-state index in [-0.39, 0.29) is 0 Å². The molecule has 0 atom stereocenters. The molecule has 2 N–H and O–H groups in total. The summed E-state index contributed by atoms with van der Waals surface area (Å²) >= 11 is 1.74. The third-order valence-electron chi connectivity index (χ3n) is 2.95. The van der Waals surface area contributed by atoms with Crippen LogP contribution in [0.1, 0.15) is 17.4 Å². The lowest BCUT2D eigenvalue weighted by Gasteiger charge is -2.11. The predicted octanol–water partition coefficient (Wildman–Crippen LogP) is 3.01. The first-order valence-corrected chi connectivity index (χ1v) is 7.88. The fraction of sp³-hybridized carbons (Fsp3) is 0.312. The number of methoxy groups -OCH3 is 1. The molecule has 21 heavy (non-hydrogen) atoms. The quantitative estimate of drug-likeness (QED) is 0.637. The van der Waals surface area contributed by atoms with Crippen LogP contribution < -0.4 is 15.4 Å². The topological polar surface area (TPSA) is 45.7 Å². The van der Waals surface area contributed by atoms with Crippen molar-refractivity contribution < 1.29 is 4.74 Å². The smallest absolute Gasteiger partial charge is 0.191 e. The first-order chi connectivity index (χ1) is 10.3. The Balaban J connectivity index is 1.99. The van der Waals surface area contributed by atoms with Crippen molar-refractivity contribution in [2.75, 3.05) is 13.7 Å². The lowest BCUT2D eigenvalue weighted by atomic mass is 10.2. The van der Waals surface area contributed by atoms with Crippen LogP contribution >= 0.6 is 11.3 Å². The highest BCUT2D eigenvalue weighted by atomic mass is 32.1. The van der Waals surface area contributed by atoms with Crippen molar-refractivity contribution >= 4 is 17.3 Å². The summed E-state index contributed by atoms with van der Waals surface area (Å²) in [4.78, 5) is 5.90. The minimum absolute atomic E-state index is 0.587. The largest absolute Gasteiger partial charge is 0.496 e. The summed E-state index contributed by atoms with van der Waals surface area (Å²) in [6.07, 6.45) is 0. The Kier molecular flexibility index (Phi) is 6.09. The lowest BCUT2D eigenvalue weighted by molar-refractivity contribution is 0.410. The molecule has 0 amide bonds. The first kappa shape index (κ1) is 15.4. The lowest BCUT2D eigenvalue weighted by Crippen LogP contribution is -2.36. The number of rotatable bonds is 6. The van der Waals surface area contributed by atoms with Gasteiger partial charge >= 0.3 is 0 Å². The van der Waals surface area contributed by atoms with Gasteiger partial charge in [0, 0.05) is 17.0 Å². The van der Waals surface area contributed by atoms with Gasteiger partial charge in [0.25, 0.3) is 0 Å². The van der Waals surface area contributed by atoms with Gasteiger partial charge in [-0.25, -0.2) is 4.99 Å². The van der Waals surface area contributed by atoms with Crippen LogP contribution in [-0.2, 0) is 13.1 Å². The highest BCUT2D eigenvalue weighted by Gasteiger charge is 2.02. The second-order valence-electron chi connectivity index (χ2n) is 4.44. The molecule has 1 aromatic heterocycles. The average molecular weight is 303 g/mol. The molecule has 2 rings (SSSR count). The minimum atomic E-state index is 0.587. The Bertz CT molecular complexity index is 567. The van der Waals surface area contributed by atoms with Crippen LogP contribution in [0.3, 0.4) is 0 Å². The third-order valence-corrected chi connectivity index (χ3v) is 3.83. The summed E-state index contributed by atoms with van der Waals surface area (Å²) in [6, 6.07) is 12.1. The van der Waals surface area contributed by atoms with E-state index >= 15 is 0 Å². The number of nitrogens with one attached hydrogen (secondary N) is 2. The number of guanidine groups is 1. The van der Waals surface area contributed by atoms with Crippen molar-refractivity contribution in [1.82, 2.24) is 10.6 Å². The van der Waals surface area contributed by atoms with Crippen molar-refractivity contribution in [2.45, 2.75) is 20.0 Å². The Morgan fingerprint density at radius 1 is 1.19 bits per heavy atom. The van der Waals surface area contributed by atoms with E-state index in [0.29, 0.717) is 6.54 Å². The number of nitrogens with zero attached hydrogens (tertiary/aromatic N) is 1. The predicted molar refractivity (Wildman–Crippen MR) is 89.0 cm³/mol. The maximum Gasteiger partial charge on any atom is 0.191 e. The van der Waals surface area contributed by atoms with E-state index in [1.165, 1.54) is 4.88 Å². The van der Waals surface area contributed by atoms with E-state index in [4.69, 9.17) is 4.74 Å². The van der Waals surface area contributed by atoms with Crippen molar-refractivity contribution in [3.8, 4) is 5.75 Å². The molecule has 0 aliphatic carbocycles. The molecule has 1 aromatic carbocycles. The van der Waals surface area contributed by atoms with Gasteiger partial charge in [-0.1, -0.05) is 24.3 Å². The first-order valence-electron chi connectivity index (χ1n) is 7.00. The van der Waals surface area contributed by atoms with Crippen LogP contribution in [-0.4, -0.2) is 19.6 Å². The summed E-state index contributed by atoms with van der Waals surface area (Å²) in [5.74, 6) is 1.69. The summed E-state index contributed by atoms with van der Waals surface area (Å²) in [5, 5.41) is 8.67. The zero-order chi connectivity index (χ0) is 14.9. The van der Waals surface area contributed by atoms with Gasteiger partial charge in [0.1, 0.15) is 5.75 Å². The number of benzene rings is 1. The Labute approximate surface area is 129 Å². The fourth-order valence-electron chi connectivity index (χ4n) is 1.92. The van der Waals surface area contributed by atoms with Gasteiger partial charge in [0.05, 0.1) is 20.2 Å². The zero-order valence-electron chi connectivity index (χ0n) is 12.4. The molecule has 0 radical (unpaired) electrons. The maximum atomic E-state index is 5.35. The molecular weight excluding hydrogens is 282 g/mol. The highest BCUT2D eigenvalue weighted by Crippen LogP contribution is 2.17. The normalized spacial score (nSPS) is 11.2. The van der Waals surface area contributed by atoms with E-state index in [9.17, 15) is 0 Å². The highest BCUT2D eigenvalue weighted by molar-refractivity contribution is 7.09. The van der Waals surface area contributed by atoms with Crippen LogP contribution in [0.15, 0.2) is 46.8 Å². The Morgan fingerprint density at radius 3 is 2.76 bits per heavy atom. The summed E-state index contributed by atoms with van der Waals surface area (Å²) in [7, 11) is 1.68. The third kappa shape index (κ3) is 4.79. The SMILES string of the molecule is CCNC(=NCc1ccccc1OC)NCc1cccs1. The van der Waals surface area contributed by atoms with Gasteiger partial charge in [-0.15, -0.1) is 11.3 Å². The van der Waals surface area contributed by atoms with Gasteiger partial charge < -0.3 is 15.4 Å². The standard InChI is InChI=1S/C16H21N3OS/c1-3-17-16(19-12-14-8-6-10-21-14)18-11-13-7-4-5-9-15(13)20-2/h4-10H,3,11-12H2,1-2H3,(H2,17,18,19). The number of hydrogen-bond acceptors (Lipinski definition) is 3. The monoisotopic (exact) mass is 303 g/mol. The molecule has 0 aliphatic heterocycles. The van der Waals surface area contributed by atoms with Crippen LogP contribution in [0.5, 0.6) is 5.75 Å². The number of hydrogen-bond donors (Lipinski definition) is 2. The van der Waals surface area contributed by atoms with E-state index in [2.05, 4.69) is 40.1 Å². The average Bonchev–Trinajstić information content (AvgIpc) is 3.03. The van der Waals surface area contributed by atoms with Gasteiger partial charge in [-0.05, 0) is 24.4 Å². The van der Waals surface area contributed by atoms with Crippen molar-refractivity contribution in [3.63, 3.8) is 0 Å². The molecule has 5 heteroatoms. The zero-order valence-corrected chi connectivity index (χ0v) is 13.2. The number of ether oxygens (including phenoxy) is 1. The molecule has 4 nitrogen and oxygen atoms in total. The van der Waals surface area contributed by atoms with Crippen molar-refractivity contribution in [1.29, 1.82) is 0 Å². The van der Waals surface area contributed by atoms with Crippen molar-refractivity contribution in [2.24, 2.45) is 4.99 Å². The number of thiophene rings is 1. The van der Waals surface area contributed by atoms with Gasteiger partial charge in [0.15, 0.2) is 5.96 Å². The summed E-state index contributed by atoms with van der Waals surface area (Å²) < 4.78 is 5.35. The van der Waals surface area contributed by atoms with Gasteiger partial charge in [0.2, 0.25) is 0 Å². The van der Waals surface area contributed by atoms with Gasteiger partial charge in [-0.2, -0.15) is 0 Å². The molecular formula is C16H21N3OS. The molecule has 0 saturated carbocycles. The van der Waals surface area contributed by atoms with Crippen molar-refractivity contribution in [3.05, 3.63) is 52.2 Å². The van der Waals surface area contributed by atoms with Crippen LogP contribution in [0.2, 0.25) is 0 Å². The molecule has 0 aliphatic rings. The molecule has 0 spiro atoms. The fourth-order valence-corrected chi connectivity index (χ4v) is 2.57. The Hall–Kier alpha value is -2.01. The number of aliphatic imine (C=N–C) groups is 1. The van der Waals surface area contributed by atoms with E-state index < -0.39 is 0 Å². The Morgan fingerprint density at radius 2 is 2.05 bits per heavy atom. The summed E-state index contributed by atoms with van der Waals surface area (Å²) in [5.41, 5.74) is 1.08. The van der Waals surface area contributed by atoms with Crippen LogP contribution in [0, 0.1) is 0 Å². The molecule has 1 heterocycles. The molecule has 0 unspecified atom stereocenters. The van der Waals surface area contributed by atoms with E-state index in [1.54, 1.807) is 18.4 Å². The molecule has 112 valence electrons. The molecule has 0 bridgehead atoms. The van der Waals surface area contributed by atoms with Crippen LogP contribution in [0.4, 0.5) is 0 Å². The minimum Gasteiger partial charge on any atom is -0.496 e. The second-order valence-corrected chi connectivity index (χ2v) is 5.47. The number of para-hydroxylation sites is 1. The second kappa shape index (κ2) is 8.32. The van der Waals surface area contributed by atoms with E-state index in [1.807, 2.05) is 24.3 Å². The summed E-state index contributed by atoms with van der Waals surface area (Å²) in [6.45, 7) is 4.27. The van der Waals surface area contributed by atoms with E-state index in [0.717, 1.165) is 30.4 Å². The molecule has 0 fully saturated rings. The molecule has 2 aromatic rings. The molecule has 0 saturated heterocycles. The van der Waals surface area contributed by atoms with Crippen LogP contribution in [0.25, 0.3) is 0 Å².